The summed E-state index contributed by atoms with van der Waals surface area (Å²) in [6, 6.07) is 3.77. The van der Waals surface area contributed by atoms with Crippen LogP contribution in [0, 0.1) is 0 Å². The molecule has 4 heteroatoms. The molecular formula is C8H14N4. The Morgan fingerprint density at radius 2 is 2.33 bits per heavy atom. The van der Waals surface area contributed by atoms with Crippen molar-refractivity contribution >= 4 is 11.5 Å². The number of anilines is 2. The fraction of sp³-hybridized carbons (Fsp3) is 0.375. The average molecular weight is 166 g/mol. The maximum atomic E-state index is 5.56. The average Bonchev–Trinajstić information content (AvgIpc) is 2.03. The fourth-order valence-corrected chi connectivity index (χ4v) is 0.789. The zero-order valence-electron chi connectivity index (χ0n) is 7.12. The van der Waals surface area contributed by atoms with E-state index in [4.69, 9.17) is 11.5 Å². The van der Waals surface area contributed by atoms with Crippen LogP contribution in [-0.2, 0) is 0 Å². The summed E-state index contributed by atoms with van der Waals surface area (Å²) >= 11 is 0. The van der Waals surface area contributed by atoms with Crippen LogP contribution in [0.15, 0.2) is 18.3 Å². The van der Waals surface area contributed by atoms with Gasteiger partial charge in [-0.3, -0.25) is 0 Å². The normalized spacial score (nSPS) is 12.5. The van der Waals surface area contributed by atoms with E-state index in [2.05, 4.69) is 10.3 Å². The topological polar surface area (TPSA) is 77.0 Å². The number of hydrogen-bond acceptors (Lipinski definition) is 4. The summed E-state index contributed by atoms with van der Waals surface area (Å²) in [5, 5.41) is 3.13. The van der Waals surface area contributed by atoms with Crippen LogP contribution in [0.25, 0.3) is 0 Å². The number of aromatic nitrogens is 1. The smallest absolute Gasteiger partial charge is 0.123 e. The second-order valence-corrected chi connectivity index (χ2v) is 2.83. The van der Waals surface area contributed by atoms with Gasteiger partial charge in [-0.25, -0.2) is 4.98 Å². The van der Waals surface area contributed by atoms with E-state index >= 15 is 0 Å². The van der Waals surface area contributed by atoms with Gasteiger partial charge in [-0.05, 0) is 19.1 Å². The largest absolute Gasteiger partial charge is 0.384 e. The molecule has 12 heavy (non-hydrogen) atoms. The Labute approximate surface area is 72.0 Å². The van der Waals surface area contributed by atoms with Crippen molar-refractivity contribution in [2.45, 2.75) is 13.0 Å². The number of nitrogen functional groups attached to an aromatic ring is 1. The molecule has 1 atom stereocenters. The fourth-order valence-electron chi connectivity index (χ4n) is 0.789. The van der Waals surface area contributed by atoms with Crippen LogP contribution in [-0.4, -0.2) is 17.6 Å². The van der Waals surface area contributed by atoms with E-state index in [9.17, 15) is 0 Å². The molecule has 0 spiro atoms. The van der Waals surface area contributed by atoms with Gasteiger partial charge in [0.15, 0.2) is 0 Å². The first kappa shape index (κ1) is 8.80. The van der Waals surface area contributed by atoms with Gasteiger partial charge in [0.1, 0.15) is 5.82 Å². The number of pyridine rings is 1. The predicted molar refractivity (Wildman–Crippen MR) is 50.8 cm³/mol. The molecule has 4 nitrogen and oxygen atoms in total. The van der Waals surface area contributed by atoms with Gasteiger partial charge in [-0.2, -0.15) is 0 Å². The molecule has 1 aromatic rings. The van der Waals surface area contributed by atoms with E-state index in [1.165, 1.54) is 0 Å². The van der Waals surface area contributed by atoms with Crippen molar-refractivity contribution in [3.63, 3.8) is 0 Å². The first-order chi connectivity index (χ1) is 5.68. The molecule has 66 valence electrons. The van der Waals surface area contributed by atoms with Crippen molar-refractivity contribution in [2.24, 2.45) is 5.73 Å². The van der Waals surface area contributed by atoms with Crippen LogP contribution in [0.5, 0.6) is 0 Å². The number of rotatable bonds is 3. The van der Waals surface area contributed by atoms with Gasteiger partial charge >= 0.3 is 0 Å². The molecule has 1 heterocycles. The molecule has 5 N–H and O–H groups in total. The van der Waals surface area contributed by atoms with Crippen LogP contribution < -0.4 is 16.8 Å². The molecule has 1 rings (SSSR count). The number of nitrogens with one attached hydrogen (secondary N) is 1. The molecule has 1 unspecified atom stereocenters. The lowest BCUT2D eigenvalue weighted by molar-refractivity contribution is 0.780. The Morgan fingerprint density at radius 3 is 2.83 bits per heavy atom. The lowest BCUT2D eigenvalue weighted by Crippen LogP contribution is -2.25. The summed E-state index contributed by atoms with van der Waals surface area (Å²) in [4.78, 5) is 3.93. The van der Waals surface area contributed by atoms with Crippen molar-refractivity contribution in [3.05, 3.63) is 18.3 Å². The maximum Gasteiger partial charge on any atom is 0.123 e. The Balaban J connectivity index is 2.48. The first-order valence-corrected chi connectivity index (χ1v) is 3.89. The summed E-state index contributed by atoms with van der Waals surface area (Å²) in [7, 11) is 0. The van der Waals surface area contributed by atoms with Gasteiger partial charge < -0.3 is 16.8 Å². The number of hydrogen-bond donors (Lipinski definition) is 3. The van der Waals surface area contributed by atoms with Crippen LogP contribution in [0.2, 0.25) is 0 Å². The molecule has 0 aromatic carbocycles. The molecule has 0 radical (unpaired) electrons. The minimum Gasteiger partial charge on any atom is -0.384 e. The Kier molecular flexibility index (Phi) is 2.88. The summed E-state index contributed by atoms with van der Waals surface area (Å²) in [5.41, 5.74) is 11.9. The van der Waals surface area contributed by atoms with E-state index in [-0.39, 0.29) is 6.04 Å². The lowest BCUT2D eigenvalue weighted by Gasteiger charge is -2.07. The quantitative estimate of drug-likeness (QED) is 0.608. The van der Waals surface area contributed by atoms with Crippen LogP contribution in [0.4, 0.5) is 11.5 Å². The summed E-state index contributed by atoms with van der Waals surface area (Å²) in [6.07, 6.45) is 1.69. The molecular weight excluding hydrogens is 152 g/mol. The Morgan fingerprint density at radius 1 is 1.58 bits per heavy atom. The van der Waals surface area contributed by atoms with Crippen molar-refractivity contribution in [1.82, 2.24) is 4.98 Å². The highest BCUT2D eigenvalue weighted by Crippen LogP contribution is 2.05. The second-order valence-electron chi connectivity index (χ2n) is 2.83. The zero-order chi connectivity index (χ0) is 8.97. The van der Waals surface area contributed by atoms with E-state index in [1.807, 2.05) is 13.0 Å². The third-order valence-corrected chi connectivity index (χ3v) is 1.41. The lowest BCUT2D eigenvalue weighted by atomic mass is 10.3. The SMILES string of the molecule is CC(N)CNc1ccc(N)nc1. The number of nitrogens with zero attached hydrogens (tertiary/aromatic N) is 1. The molecule has 0 aliphatic heterocycles. The van der Waals surface area contributed by atoms with E-state index in [0.717, 1.165) is 12.2 Å². The zero-order valence-corrected chi connectivity index (χ0v) is 7.12. The maximum absolute atomic E-state index is 5.56. The monoisotopic (exact) mass is 166 g/mol. The minimum atomic E-state index is 0.141. The van der Waals surface area contributed by atoms with Crippen LogP contribution in [0.3, 0.4) is 0 Å². The minimum absolute atomic E-state index is 0.141. The standard InChI is InChI=1S/C8H14N4/c1-6(9)4-11-7-2-3-8(10)12-5-7/h2-3,5-6,11H,4,9H2,1H3,(H2,10,12). The van der Waals surface area contributed by atoms with Crippen molar-refractivity contribution < 1.29 is 0 Å². The highest BCUT2D eigenvalue weighted by atomic mass is 14.9. The molecule has 0 saturated carbocycles. The summed E-state index contributed by atoms with van der Waals surface area (Å²) in [6.45, 7) is 2.68. The third-order valence-electron chi connectivity index (χ3n) is 1.41. The van der Waals surface area contributed by atoms with Crippen LogP contribution >= 0.6 is 0 Å². The van der Waals surface area contributed by atoms with Gasteiger partial charge in [0.2, 0.25) is 0 Å². The molecule has 0 bridgehead atoms. The predicted octanol–water partition coefficient (Wildman–Crippen LogP) is 0.423. The van der Waals surface area contributed by atoms with Gasteiger partial charge in [0.25, 0.3) is 0 Å². The molecule has 0 amide bonds. The van der Waals surface area contributed by atoms with E-state index in [1.54, 1.807) is 12.3 Å². The van der Waals surface area contributed by atoms with Crippen molar-refractivity contribution in [2.75, 3.05) is 17.6 Å². The number of nitrogens with two attached hydrogens (primary N) is 2. The highest BCUT2D eigenvalue weighted by molar-refractivity contribution is 5.45. The molecule has 1 aromatic heterocycles. The summed E-state index contributed by atoms with van der Waals surface area (Å²) < 4.78 is 0. The van der Waals surface area contributed by atoms with Crippen LogP contribution in [0.1, 0.15) is 6.92 Å². The first-order valence-electron chi connectivity index (χ1n) is 3.89. The van der Waals surface area contributed by atoms with Crippen molar-refractivity contribution in [1.29, 1.82) is 0 Å². The van der Waals surface area contributed by atoms with E-state index < -0.39 is 0 Å². The van der Waals surface area contributed by atoms with Gasteiger partial charge in [-0.15, -0.1) is 0 Å². The van der Waals surface area contributed by atoms with Gasteiger partial charge in [0.05, 0.1) is 11.9 Å². The van der Waals surface area contributed by atoms with Crippen molar-refractivity contribution in [3.8, 4) is 0 Å². The second kappa shape index (κ2) is 3.92. The third kappa shape index (κ3) is 2.75. The Bertz CT molecular complexity index is 229. The van der Waals surface area contributed by atoms with Gasteiger partial charge in [-0.1, -0.05) is 0 Å². The molecule has 0 aliphatic carbocycles. The molecule has 0 saturated heterocycles. The molecule has 0 aliphatic rings. The van der Waals surface area contributed by atoms with E-state index in [0.29, 0.717) is 5.82 Å². The highest BCUT2D eigenvalue weighted by Gasteiger charge is 1.94. The summed E-state index contributed by atoms with van der Waals surface area (Å²) in [5.74, 6) is 0.529. The molecule has 0 fully saturated rings. The Hall–Kier alpha value is -1.29. The van der Waals surface area contributed by atoms with Gasteiger partial charge in [0, 0.05) is 12.6 Å².